The molecule has 0 radical (unpaired) electrons. The zero-order chi connectivity index (χ0) is 16.8. The second-order valence-corrected chi connectivity index (χ2v) is 5.85. The van der Waals surface area contributed by atoms with Gasteiger partial charge in [-0.05, 0) is 24.1 Å². The van der Waals surface area contributed by atoms with Crippen molar-refractivity contribution in [2.45, 2.75) is 19.9 Å². The van der Waals surface area contributed by atoms with Gasteiger partial charge in [-0.1, -0.05) is 66.2 Å². The predicted molar refractivity (Wildman–Crippen MR) is 96.1 cm³/mol. The maximum atomic E-state index is 12.4. The summed E-state index contributed by atoms with van der Waals surface area (Å²) in [6.45, 7) is 3.14. The van der Waals surface area contributed by atoms with E-state index in [4.69, 9.17) is 4.74 Å². The first-order valence-electron chi connectivity index (χ1n) is 8.15. The highest BCUT2D eigenvalue weighted by Gasteiger charge is 2.20. The van der Waals surface area contributed by atoms with Crippen LogP contribution in [0.15, 0.2) is 72.0 Å². The third-order valence-corrected chi connectivity index (χ3v) is 3.98. The van der Waals surface area contributed by atoms with Crippen LogP contribution in [0.5, 0.6) is 0 Å². The first kappa shape index (κ1) is 16.1. The lowest BCUT2D eigenvalue weighted by molar-refractivity contribution is -0.117. The maximum Gasteiger partial charge on any atom is 0.251 e. The molecule has 3 rings (SSSR count). The Morgan fingerprint density at radius 2 is 1.83 bits per heavy atom. The molecule has 1 N–H and O–H groups in total. The number of hydrogen-bond acceptors (Lipinski definition) is 2. The van der Waals surface area contributed by atoms with Gasteiger partial charge in [0, 0.05) is 13.0 Å². The van der Waals surface area contributed by atoms with Crippen LogP contribution in [0.25, 0.3) is 6.08 Å². The minimum Gasteiger partial charge on any atom is -0.493 e. The molecule has 1 heterocycles. The molecule has 0 aromatic heterocycles. The SMILES string of the molecule is Cc1ccc(/C=C/C2=C(C(=O)NCc3ccccc3)CCO2)cc1. The Hall–Kier alpha value is -2.81. The van der Waals surface area contributed by atoms with Crippen LogP contribution in [-0.2, 0) is 16.1 Å². The van der Waals surface area contributed by atoms with Gasteiger partial charge in [-0.2, -0.15) is 0 Å². The fourth-order valence-corrected chi connectivity index (χ4v) is 2.58. The van der Waals surface area contributed by atoms with Crippen LogP contribution in [-0.4, -0.2) is 12.5 Å². The fourth-order valence-electron chi connectivity index (χ4n) is 2.58. The minimum atomic E-state index is -0.0556. The van der Waals surface area contributed by atoms with Crippen molar-refractivity contribution >= 4 is 12.0 Å². The van der Waals surface area contributed by atoms with Crippen LogP contribution < -0.4 is 5.32 Å². The number of aryl methyl sites for hydroxylation is 1. The molecule has 0 saturated carbocycles. The van der Waals surface area contributed by atoms with Crippen LogP contribution in [0, 0.1) is 6.92 Å². The van der Waals surface area contributed by atoms with E-state index in [9.17, 15) is 4.79 Å². The second kappa shape index (κ2) is 7.64. The molecule has 2 aromatic carbocycles. The van der Waals surface area contributed by atoms with Gasteiger partial charge in [0.15, 0.2) is 0 Å². The average Bonchev–Trinajstić information content (AvgIpc) is 3.09. The van der Waals surface area contributed by atoms with Crippen LogP contribution in [0.1, 0.15) is 23.1 Å². The van der Waals surface area contributed by atoms with E-state index in [0.29, 0.717) is 30.9 Å². The van der Waals surface area contributed by atoms with E-state index in [2.05, 4.69) is 36.5 Å². The van der Waals surface area contributed by atoms with Gasteiger partial charge < -0.3 is 10.1 Å². The van der Waals surface area contributed by atoms with Gasteiger partial charge >= 0.3 is 0 Å². The summed E-state index contributed by atoms with van der Waals surface area (Å²) >= 11 is 0. The van der Waals surface area contributed by atoms with Crippen molar-refractivity contribution in [3.8, 4) is 0 Å². The van der Waals surface area contributed by atoms with Gasteiger partial charge in [0.2, 0.25) is 0 Å². The number of ether oxygens (including phenoxy) is 1. The quantitative estimate of drug-likeness (QED) is 0.904. The van der Waals surface area contributed by atoms with E-state index < -0.39 is 0 Å². The molecule has 0 spiro atoms. The first-order chi connectivity index (χ1) is 11.7. The molecule has 1 aliphatic rings. The smallest absolute Gasteiger partial charge is 0.251 e. The summed E-state index contributed by atoms with van der Waals surface area (Å²) in [6, 6.07) is 18.1. The predicted octanol–water partition coefficient (Wildman–Crippen LogP) is 4.00. The molecule has 1 aliphatic heterocycles. The summed E-state index contributed by atoms with van der Waals surface area (Å²) in [5.41, 5.74) is 4.12. The normalized spacial score (nSPS) is 14.0. The molecule has 24 heavy (non-hydrogen) atoms. The minimum absolute atomic E-state index is 0.0556. The zero-order valence-corrected chi connectivity index (χ0v) is 13.8. The number of rotatable bonds is 5. The molecule has 1 amide bonds. The maximum absolute atomic E-state index is 12.4. The summed E-state index contributed by atoms with van der Waals surface area (Å²) in [6.07, 6.45) is 4.51. The van der Waals surface area contributed by atoms with Crippen LogP contribution in [0.2, 0.25) is 0 Å². The third-order valence-electron chi connectivity index (χ3n) is 3.98. The summed E-state index contributed by atoms with van der Waals surface area (Å²) < 4.78 is 5.62. The van der Waals surface area contributed by atoms with Crippen molar-refractivity contribution in [1.29, 1.82) is 0 Å². The molecule has 3 nitrogen and oxygen atoms in total. The Bertz CT molecular complexity index is 758. The molecule has 0 bridgehead atoms. The first-order valence-corrected chi connectivity index (χ1v) is 8.15. The Balaban J connectivity index is 1.67. The third kappa shape index (κ3) is 4.13. The summed E-state index contributed by atoms with van der Waals surface area (Å²) in [7, 11) is 0. The van der Waals surface area contributed by atoms with Crippen LogP contribution in [0.4, 0.5) is 0 Å². The summed E-state index contributed by atoms with van der Waals surface area (Å²) in [5, 5.41) is 2.97. The molecule has 0 saturated heterocycles. The topological polar surface area (TPSA) is 38.3 Å². The Labute approximate surface area is 142 Å². The van der Waals surface area contributed by atoms with E-state index in [-0.39, 0.29) is 5.91 Å². The lowest BCUT2D eigenvalue weighted by Crippen LogP contribution is -2.24. The number of carbonyl (C=O) groups is 1. The highest BCUT2D eigenvalue weighted by atomic mass is 16.5. The highest BCUT2D eigenvalue weighted by molar-refractivity contribution is 5.94. The second-order valence-electron chi connectivity index (χ2n) is 5.85. The molecule has 0 aliphatic carbocycles. The molecule has 2 aromatic rings. The van der Waals surface area contributed by atoms with E-state index in [1.807, 2.05) is 42.5 Å². The van der Waals surface area contributed by atoms with Crippen LogP contribution >= 0.6 is 0 Å². The van der Waals surface area contributed by atoms with E-state index >= 15 is 0 Å². The Morgan fingerprint density at radius 3 is 2.58 bits per heavy atom. The number of amides is 1. The van der Waals surface area contributed by atoms with Gasteiger partial charge in [-0.3, -0.25) is 4.79 Å². The number of carbonyl (C=O) groups excluding carboxylic acids is 1. The number of allylic oxidation sites excluding steroid dienone is 1. The zero-order valence-electron chi connectivity index (χ0n) is 13.8. The van der Waals surface area contributed by atoms with Crippen molar-refractivity contribution in [3.05, 3.63) is 88.7 Å². The average molecular weight is 319 g/mol. The molecule has 0 unspecified atom stereocenters. The van der Waals surface area contributed by atoms with Crippen molar-refractivity contribution in [2.75, 3.05) is 6.61 Å². The van der Waals surface area contributed by atoms with E-state index in [0.717, 1.165) is 11.1 Å². The number of hydrogen-bond donors (Lipinski definition) is 1. The fraction of sp³-hybridized carbons (Fsp3) is 0.190. The molecule has 3 heteroatoms. The van der Waals surface area contributed by atoms with E-state index in [1.54, 1.807) is 0 Å². The van der Waals surface area contributed by atoms with Gasteiger partial charge in [-0.15, -0.1) is 0 Å². The van der Waals surface area contributed by atoms with Gasteiger partial charge in [0.1, 0.15) is 5.76 Å². The summed E-state index contributed by atoms with van der Waals surface area (Å²) in [5.74, 6) is 0.612. The molecule has 0 atom stereocenters. The lowest BCUT2D eigenvalue weighted by Gasteiger charge is -2.06. The Morgan fingerprint density at radius 1 is 1.08 bits per heavy atom. The van der Waals surface area contributed by atoms with Crippen molar-refractivity contribution in [2.24, 2.45) is 0 Å². The van der Waals surface area contributed by atoms with Crippen molar-refractivity contribution < 1.29 is 9.53 Å². The number of nitrogens with one attached hydrogen (secondary N) is 1. The molecular weight excluding hydrogens is 298 g/mol. The van der Waals surface area contributed by atoms with Crippen LogP contribution in [0.3, 0.4) is 0 Å². The molecule has 122 valence electrons. The standard InChI is InChI=1S/C21H21NO2/c1-16-7-9-17(10-8-16)11-12-20-19(13-14-24-20)21(23)22-15-18-5-3-2-4-6-18/h2-12H,13-15H2,1H3,(H,22,23)/b12-11+. The number of benzene rings is 2. The monoisotopic (exact) mass is 319 g/mol. The van der Waals surface area contributed by atoms with Gasteiger partial charge in [0.05, 0.1) is 12.2 Å². The lowest BCUT2D eigenvalue weighted by atomic mass is 10.1. The largest absolute Gasteiger partial charge is 0.493 e. The molecular formula is C21H21NO2. The van der Waals surface area contributed by atoms with Crippen molar-refractivity contribution in [3.63, 3.8) is 0 Å². The molecule has 0 fully saturated rings. The van der Waals surface area contributed by atoms with Gasteiger partial charge in [-0.25, -0.2) is 0 Å². The van der Waals surface area contributed by atoms with E-state index in [1.165, 1.54) is 5.56 Å². The Kier molecular flexibility index (Phi) is 5.12. The highest BCUT2D eigenvalue weighted by Crippen LogP contribution is 2.21. The summed E-state index contributed by atoms with van der Waals surface area (Å²) in [4.78, 5) is 12.4. The van der Waals surface area contributed by atoms with Gasteiger partial charge in [0.25, 0.3) is 5.91 Å². The van der Waals surface area contributed by atoms with Crippen molar-refractivity contribution in [1.82, 2.24) is 5.32 Å².